The fourth-order valence-corrected chi connectivity index (χ4v) is 2.02. The summed E-state index contributed by atoms with van der Waals surface area (Å²) in [6, 6.07) is -0.336. The van der Waals surface area contributed by atoms with Gasteiger partial charge in [-0.3, -0.25) is 0 Å². The second kappa shape index (κ2) is 7.54. The lowest BCUT2D eigenvalue weighted by molar-refractivity contribution is 0.280. The van der Waals surface area contributed by atoms with E-state index in [1.807, 2.05) is 0 Å². The molecule has 16 heavy (non-hydrogen) atoms. The van der Waals surface area contributed by atoms with Crippen molar-refractivity contribution in [3.05, 3.63) is 27.0 Å². The van der Waals surface area contributed by atoms with Gasteiger partial charge in [0.25, 0.3) is 0 Å². The molecule has 1 aromatic heterocycles. The van der Waals surface area contributed by atoms with Gasteiger partial charge in [0.2, 0.25) is 0 Å². The molecule has 3 nitrogen and oxygen atoms in total. The summed E-state index contributed by atoms with van der Waals surface area (Å²) in [6.45, 7) is 0.0851. The predicted molar refractivity (Wildman–Crippen MR) is 69.8 cm³/mol. The standard InChI is InChI=1S/C9H11Cl3N2O.ClH/c10-5-4-14-9(12)8(11)7(5)6(13)2-1-3-15;/h4,6,15H,1-3,13H2;1H/t6-;/m0./s1. The Balaban J connectivity index is 0.00000225. The number of aromatic nitrogens is 1. The summed E-state index contributed by atoms with van der Waals surface area (Å²) in [5.41, 5.74) is 6.47. The van der Waals surface area contributed by atoms with Gasteiger partial charge >= 0.3 is 0 Å². The van der Waals surface area contributed by atoms with Crippen LogP contribution in [0.1, 0.15) is 24.4 Å². The number of aliphatic hydroxyl groups is 1. The summed E-state index contributed by atoms with van der Waals surface area (Å²) < 4.78 is 0. The Morgan fingerprint density at radius 2 is 2.00 bits per heavy atom. The second-order valence-electron chi connectivity index (χ2n) is 3.10. The maximum atomic E-state index is 8.70. The molecule has 1 atom stereocenters. The highest BCUT2D eigenvalue weighted by atomic mass is 35.5. The summed E-state index contributed by atoms with van der Waals surface area (Å²) >= 11 is 17.6. The highest BCUT2D eigenvalue weighted by molar-refractivity contribution is 6.43. The lowest BCUT2D eigenvalue weighted by atomic mass is 10.0. The molecule has 1 heterocycles. The van der Waals surface area contributed by atoms with Gasteiger partial charge in [0.1, 0.15) is 5.15 Å². The first-order chi connectivity index (χ1) is 7.07. The quantitative estimate of drug-likeness (QED) is 0.840. The van der Waals surface area contributed by atoms with Crippen LogP contribution in [0, 0.1) is 0 Å². The molecule has 0 unspecified atom stereocenters. The first kappa shape index (κ1) is 16.2. The Morgan fingerprint density at radius 3 is 2.56 bits per heavy atom. The van der Waals surface area contributed by atoms with E-state index in [1.54, 1.807) is 0 Å². The number of hydrogen-bond acceptors (Lipinski definition) is 3. The van der Waals surface area contributed by atoms with E-state index in [2.05, 4.69) is 4.98 Å². The van der Waals surface area contributed by atoms with Gasteiger partial charge in [0, 0.05) is 24.4 Å². The summed E-state index contributed by atoms with van der Waals surface area (Å²) in [4.78, 5) is 3.80. The molecule has 0 saturated heterocycles. The van der Waals surface area contributed by atoms with E-state index in [-0.39, 0.29) is 35.2 Å². The Labute approximate surface area is 115 Å². The van der Waals surface area contributed by atoms with Crippen LogP contribution in [-0.4, -0.2) is 16.7 Å². The molecule has 3 N–H and O–H groups in total. The van der Waals surface area contributed by atoms with Gasteiger partial charge in [0.15, 0.2) is 0 Å². The first-order valence-corrected chi connectivity index (χ1v) is 5.57. The molecule has 0 radical (unpaired) electrons. The zero-order valence-electron chi connectivity index (χ0n) is 8.29. The maximum Gasteiger partial charge on any atom is 0.148 e. The number of aliphatic hydroxyl groups excluding tert-OH is 1. The van der Waals surface area contributed by atoms with Crippen molar-refractivity contribution in [2.24, 2.45) is 5.73 Å². The number of nitrogens with two attached hydrogens (primary N) is 1. The molecule has 0 saturated carbocycles. The van der Waals surface area contributed by atoms with Crippen LogP contribution in [0.5, 0.6) is 0 Å². The third kappa shape index (κ3) is 3.91. The third-order valence-corrected chi connectivity index (χ3v) is 3.08. The summed E-state index contributed by atoms with van der Waals surface area (Å²) in [6.07, 6.45) is 2.61. The van der Waals surface area contributed by atoms with E-state index >= 15 is 0 Å². The van der Waals surface area contributed by atoms with Crippen molar-refractivity contribution in [2.45, 2.75) is 18.9 Å². The van der Waals surface area contributed by atoms with E-state index < -0.39 is 0 Å². The van der Waals surface area contributed by atoms with E-state index in [0.717, 1.165) is 0 Å². The largest absolute Gasteiger partial charge is 0.396 e. The molecule has 7 heteroatoms. The van der Waals surface area contributed by atoms with Gasteiger partial charge in [0.05, 0.1) is 10.0 Å². The summed E-state index contributed by atoms with van der Waals surface area (Å²) in [7, 11) is 0. The molecule has 92 valence electrons. The maximum absolute atomic E-state index is 8.70. The minimum absolute atomic E-state index is 0. The van der Waals surface area contributed by atoms with Crippen LogP contribution in [0.2, 0.25) is 15.2 Å². The summed E-state index contributed by atoms with van der Waals surface area (Å²) in [5.74, 6) is 0. The average molecular weight is 306 g/mol. The normalized spacial score (nSPS) is 12.1. The van der Waals surface area contributed by atoms with Crippen LogP contribution in [0.25, 0.3) is 0 Å². The molecular formula is C9H12Cl4N2O. The minimum atomic E-state index is -0.336. The number of hydrogen-bond donors (Lipinski definition) is 2. The second-order valence-corrected chi connectivity index (χ2v) is 4.24. The molecule has 0 amide bonds. The van der Waals surface area contributed by atoms with Crippen LogP contribution >= 0.6 is 47.2 Å². The fourth-order valence-electron chi connectivity index (χ4n) is 1.25. The molecule has 0 aromatic carbocycles. The molecule has 0 spiro atoms. The SMILES string of the molecule is Cl.N[C@@H](CCCO)c1c(Cl)cnc(Cl)c1Cl. The van der Waals surface area contributed by atoms with Crippen molar-refractivity contribution >= 4 is 47.2 Å². The van der Waals surface area contributed by atoms with Crippen LogP contribution in [0.4, 0.5) is 0 Å². The Bertz CT molecular complexity index is 349. The molecule has 1 aromatic rings. The Kier molecular flexibility index (Phi) is 7.64. The number of nitrogens with zero attached hydrogens (tertiary/aromatic N) is 1. The Morgan fingerprint density at radius 1 is 1.38 bits per heavy atom. The van der Waals surface area contributed by atoms with Crippen LogP contribution in [-0.2, 0) is 0 Å². The first-order valence-electron chi connectivity index (χ1n) is 4.43. The minimum Gasteiger partial charge on any atom is -0.396 e. The molecule has 0 bridgehead atoms. The van der Waals surface area contributed by atoms with Gasteiger partial charge in [-0.2, -0.15) is 0 Å². The number of halogens is 4. The van der Waals surface area contributed by atoms with Crippen molar-refractivity contribution in [3.63, 3.8) is 0 Å². The zero-order valence-corrected chi connectivity index (χ0v) is 11.4. The third-order valence-electron chi connectivity index (χ3n) is 2.01. The van der Waals surface area contributed by atoms with Crippen molar-refractivity contribution in [1.29, 1.82) is 0 Å². The smallest absolute Gasteiger partial charge is 0.148 e. The fraction of sp³-hybridized carbons (Fsp3) is 0.444. The monoisotopic (exact) mass is 304 g/mol. The van der Waals surface area contributed by atoms with Crippen molar-refractivity contribution in [2.75, 3.05) is 6.61 Å². The molecule has 0 aliphatic rings. The molecule has 0 aliphatic carbocycles. The molecule has 0 fully saturated rings. The average Bonchev–Trinajstić information content (AvgIpc) is 2.21. The van der Waals surface area contributed by atoms with E-state index in [1.165, 1.54) is 6.20 Å². The van der Waals surface area contributed by atoms with Crippen molar-refractivity contribution in [3.8, 4) is 0 Å². The van der Waals surface area contributed by atoms with Gasteiger partial charge < -0.3 is 10.8 Å². The predicted octanol–water partition coefficient (Wildman–Crippen LogP) is 3.24. The van der Waals surface area contributed by atoms with E-state index in [9.17, 15) is 0 Å². The number of pyridine rings is 1. The van der Waals surface area contributed by atoms with Gasteiger partial charge in [-0.15, -0.1) is 12.4 Å². The van der Waals surface area contributed by atoms with Gasteiger partial charge in [-0.1, -0.05) is 34.8 Å². The Hall–Kier alpha value is 0.230. The lowest BCUT2D eigenvalue weighted by Crippen LogP contribution is -2.12. The van der Waals surface area contributed by atoms with Gasteiger partial charge in [-0.25, -0.2) is 4.98 Å². The summed E-state index contributed by atoms with van der Waals surface area (Å²) in [5, 5.41) is 9.57. The van der Waals surface area contributed by atoms with Crippen LogP contribution < -0.4 is 5.73 Å². The van der Waals surface area contributed by atoms with E-state index in [4.69, 9.17) is 45.6 Å². The lowest BCUT2D eigenvalue weighted by Gasteiger charge is -2.15. The van der Waals surface area contributed by atoms with Crippen molar-refractivity contribution < 1.29 is 5.11 Å². The molecule has 1 rings (SSSR count). The van der Waals surface area contributed by atoms with E-state index in [0.29, 0.717) is 23.4 Å². The van der Waals surface area contributed by atoms with Crippen molar-refractivity contribution in [1.82, 2.24) is 4.98 Å². The zero-order chi connectivity index (χ0) is 11.4. The highest BCUT2D eigenvalue weighted by Gasteiger charge is 2.17. The van der Waals surface area contributed by atoms with Crippen LogP contribution in [0.15, 0.2) is 6.20 Å². The van der Waals surface area contributed by atoms with Crippen LogP contribution in [0.3, 0.4) is 0 Å². The topological polar surface area (TPSA) is 59.1 Å². The number of rotatable bonds is 4. The molecular weight excluding hydrogens is 294 g/mol. The molecule has 0 aliphatic heterocycles. The van der Waals surface area contributed by atoms with Gasteiger partial charge in [-0.05, 0) is 12.8 Å². The highest BCUT2D eigenvalue weighted by Crippen LogP contribution is 2.34.